The zero-order valence-corrected chi connectivity index (χ0v) is 13.5. The molecule has 3 rings (SSSR count). The molecule has 0 unspecified atom stereocenters. The number of fused-ring (bicyclic) bond motifs is 1. The van der Waals surface area contributed by atoms with E-state index < -0.39 is 0 Å². The van der Waals surface area contributed by atoms with Crippen LogP contribution in [0.4, 0.5) is 0 Å². The van der Waals surface area contributed by atoms with Crippen molar-refractivity contribution in [3.05, 3.63) is 48.2 Å². The number of aromatic nitrogens is 4. The second-order valence-electron chi connectivity index (χ2n) is 5.20. The number of benzene rings is 1. The highest BCUT2D eigenvalue weighted by molar-refractivity contribution is 5.94. The lowest BCUT2D eigenvalue weighted by molar-refractivity contribution is 0.0944. The number of amides is 1. The molecule has 0 bridgehead atoms. The van der Waals surface area contributed by atoms with Crippen molar-refractivity contribution in [2.75, 3.05) is 19.8 Å². The molecule has 1 amide bonds. The van der Waals surface area contributed by atoms with Gasteiger partial charge in [0.2, 0.25) is 0 Å². The van der Waals surface area contributed by atoms with Crippen LogP contribution in [-0.2, 0) is 4.74 Å². The van der Waals surface area contributed by atoms with Crippen molar-refractivity contribution in [3.8, 4) is 5.69 Å². The summed E-state index contributed by atoms with van der Waals surface area (Å²) < 4.78 is 6.88. The fraction of sp³-hybridized carbons (Fsp3) is 0.294. The van der Waals surface area contributed by atoms with Crippen molar-refractivity contribution in [1.82, 2.24) is 25.3 Å². The highest BCUT2D eigenvalue weighted by Gasteiger charge is 2.10. The minimum absolute atomic E-state index is 0.120. The van der Waals surface area contributed by atoms with E-state index in [4.69, 9.17) is 4.74 Å². The third-order valence-electron chi connectivity index (χ3n) is 3.52. The molecule has 7 heteroatoms. The summed E-state index contributed by atoms with van der Waals surface area (Å²) in [4.78, 5) is 16.5. The van der Waals surface area contributed by atoms with E-state index in [0.717, 1.165) is 12.1 Å². The van der Waals surface area contributed by atoms with Crippen LogP contribution in [0.1, 0.15) is 23.7 Å². The largest absolute Gasteiger partial charge is 0.382 e. The van der Waals surface area contributed by atoms with Gasteiger partial charge in [-0.25, -0.2) is 4.98 Å². The Bertz CT molecular complexity index is 830. The van der Waals surface area contributed by atoms with Gasteiger partial charge in [-0.2, -0.15) is 4.68 Å². The highest BCUT2D eigenvalue weighted by atomic mass is 16.5. The first-order valence-electron chi connectivity index (χ1n) is 7.92. The molecule has 0 atom stereocenters. The van der Waals surface area contributed by atoms with Crippen molar-refractivity contribution in [2.45, 2.75) is 13.3 Å². The summed E-state index contributed by atoms with van der Waals surface area (Å²) >= 11 is 0. The third-order valence-corrected chi connectivity index (χ3v) is 3.52. The normalized spacial score (nSPS) is 10.9. The predicted molar refractivity (Wildman–Crippen MR) is 90.1 cm³/mol. The topological polar surface area (TPSA) is 81.9 Å². The quantitative estimate of drug-likeness (QED) is 0.672. The lowest BCUT2D eigenvalue weighted by Crippen LogP contribution is -2.25. The van der Waals surface area contributed by atoms with Crippen LogP contribution in [0.2, 0.25) is 0 Å². The molecule has 1 aromatic carbocycles. The average molecular weight is 325 g/mol. The summed E-state index contributed by atoms with van der Waals surface area (Å²) in [5, 5.41) is 11.1. The molecular weight excluding hydrogens is 306 g/mol. The van der Waals surface area contributed by atoms with E-state index in [2.05, 4.69) is 20.6 Å². The molecule has 0 aliphatic carbocycles. The number of pyridine rings is 1. The van der Waals surface area contributed by atoms with Crippen LogP contribution < -0.4 is 5.32 Å². The average Bonchev–Trinajstić information content (AvgIpc) is 3.05. The number of nitrogens with one attached hydrogen (secondary N) is 1. The van der Waals surface area contributed by atoms with E-state index in [0.29, 0.717) is 36.5 Å². The maximum atomic E-state index is 12.2. The molecule has 124 valence electrons. The number of hydrogen-bond donors (Lipinski definition) is 1. The van der Waals surface area contributed by atoms with Gasteiger partial charge in [0, 0.05) is 31.5 Å². The van der Waals surface area contributed by atoms with E-state index in [1.807, 2.05) is 31.2 Å². The first kappa shape index (κ1) is 16.1. The number of ether oxygens (including phenoxy) is 1. The molecule has 2 aromatic heterocycles. The summed E-state index contributed by atoms with van der Waals surface area (Å²) in [5.74, 6) is -0.120. The smallest absolute Gasteiger partial charge is 0.251 e. The lowest BCUT2D eigenvalue weighted by atomic mass is 10.2. The van der Waals surface area contributed by atoms with Gasteiger partial charge in [0.15, 0.2) is 5.65 Å². The number of carbonyl (C=O) groups excluding carboxylic acids is 1. The fourth-order valence-corrected chi connectivity index (χ4v) is 2.34. The first-order chi connectivity index (χ1) is 11.8. The number of rotatable bonds is 7. The monoisotopic (exact) mass is 325 g/mol. The van der Waals surface area contributed by atoms with Gasteiger partial charge in [-0.3, -0.25) is 4.79 Å². The van der Waals surface area contributed by atoms with E-state index in [9.17, 15) is 4.79 Å². The lowest BCUT2D eigenvalue weighted by Gasteiger charge is -2.07. The Morgan fingerprint density at radius 3 is 3.08 bits per heavy atom. The van der Waals surface area contributed by atoms with Gasteiger partial charge in [0.1, 0.15) is 5.52 Å². The second kappa shape index (κ2) is 7.65. The van der Waals surface area contributed by atoms with Crippen LogP contribution in [-0.4, -0.2) is 45.6 Å². The zero-order chi connectivity index (χ0) is 16.8. The predicted octanol–water partition coefficient (Wildman–Crippen LogP) is 1.97. The maximum absolute atomic E-state index is 12.2. The van der Waals surface area contributed by atoms with Crippen molar-refractivity contribution < 1.29 is 9.53 Å². The molecule has 1 N–H and O–H groups in total. The standard InChI is InChI=1S/C17H19N5O2/c1-2-24-11-5-10-19-17(23)13-6-3-7-14(12-13)22-16-15(20-21-22)8-4-9-18-16/h3-4,6-9,12H,2,5,10-11H2,1H3,(H,19,23). The van der Waals surface area contributed by atoms with E-state index in [-0.39, 0.29) is 5.91 Å². The molecule has 0 aliphatic heterocycles. The van der Waals surface area contributed by atoms with E-state index >= 15 is 0 Å². The minimum Gasteiger partial charge on any atom is -0.382 e. The van der Waals surface area contributed by atoms with Crippen LogP contribution >= 0.6 is 0 Å². The Morgan fingerprint density at radius 2 is 2.21 bits per heavy atom. The van der Waals surface area contributed by atoms with E-state index in [1.54, 1.807) is 23.0 Å². The number of hydrogen-bond acceptors (Lipinski definition) is 5. The summed E-state index contributed by atoms with van der Waals surface area (Å²) in [6.07, 6.45) is 2.48. The molecule has 0 radical (unpaired) electrons. The number of nitrogens with zero attached hydrogens (tertiary/aromatic N) is 4. The van der Waals surface area contributed by atoms with E-state index in [1.165, 1.54) is 0 Å². The Hall–Kier alpha value is -2.80. The highest BCUT2D eigenvalue weighted by Crippen LogP contribution is 2.15. The van der Waals surface area contributed by atoms with Crippen molar-refractivity contribution in [2.24, 2.45) is 0 Å². The molecule has 0 aliphatic rings. The van der Waals surface area contributed by atoms with Gasteiger partial charge >= 0.3 is 0 Å². The van der Waals surface area contributed by atoms with Gasteiger partial charge < -0.3 is 10.1 Å². The van der Waals surface area contributed by atoms with Crippen LogP contribution in [0.3, 0.4) is 0 Å². The van der Waals surface area contributed by atoms with Gasteiger partial charge in [-0.1, -0.05) is 11.3 Å². The number of carbonyl (C=O) groups is 1. The SMILES string of the molecule is CCOCCCNC(=O)c1cccc(-n2nnc3cccnc32)c1. The van der Waals surface area contributed by atoms with Crippen LogP contribution in [0.5, 0.6) is 0 Å². The van der Waals surface area contributed by atoms with Gasteiger partial charge in [0.05, 0.1) is 5.69 Å². The Kier molecular flexibility index (Phi) is 5.12. The van der Waals surface area contributed by atoms with Crippen molar-refractivity contribution in [1.29, 1.82) is 0 Å². The molecule has 24 heavy (non-hydrogen) atoms. The Balaban J connectivity index is 1.73. The van der Waals surface area contributed by atoms with Gasteiger partial charge in [-0.15, -0.1) is 5.10 Å². The molecule has 0 spiro atoms. The Morgan fingerprint density at radius 1 is 1.29 bits per heavy atom. The molecule has 0 saturated carbocycles. The summed E-state index contributed by atoms with van der Waals surface area (Å²) in [6, 6.07) is 10.9. The summed E-state index contributed by atoms with van der Waals surface area (Å²) in [7, 11) is 0. The molecule has 0 saturated heterocycles. The van der Waals surface area contributed by atoms with Crippen molar-refractivity contribution in [3.63, 3.8) is 0 Å². The van der Waals surface area contributed by atoms with Gasteiger partial charge in [0.25, 0.3) is 5.91 Å². The van der Waals surface area contributed by atoms with Crippen molar-refractivity contribution >= 4 is 17.1 Å². The molecule has 7 nitrogen and oxygen atoms in total. The van der Waals surface area contributed by atoms with Crippen LogP contribution in [0, 0.1) is 0 Å². The van der Waals surface area contributed by atoms with Crippen LogP contribution in [0.15, 0.2) is 42.6 Å². The zero-order valence-electron chi connectivity index (χ0n) is 13.5. The molecule has 2 heterocycles. The summed E-state index contributed by atoms with van der Waals surface area (Å²) in [5.41, 5.74) is 2.69. The second-order valence-corrected chi connectivity index (χ2v) is 5.20. The van der Waals surface area contributed by atoms with Crippen LogP contribution in [0.25, 0.3) is 16.9 Å². The summed E-state index contributed by atoms with van der Waals surface area (Å²) in [6.45, 7) is 3.87. The molecular formula is C17H19N5O2. The minimum atomic E-state index is -0.120. The maximum Gasteiger partial charge on any atom is 0.251 e. The molecule has 3 aromatic rings. The fourth-order valence-electron chi connectivity index (χ4n) is 2.34. The third kappa shape index (κ3) is 3.57. The molecule has 0 fully saturated rings. The van der Waals surface area contributed by atoms with Gasteiger partial charge in [-0.05, 0) is 43.7 Å². The first-order valence-corrected chi connectivity index (χ1v) is 7.92. The Labute approximate surface area is 139 Å².